The summed E-state index contributed by atoms with van der Waals surface area (Å²) in [5, 5.41) is 3.50. The molecule has 1 atom stereocenters. The van der Waals surface area contributed by atoms with Crippen molar-refractivity contribution < 1.29 is 0 Å². The van der Waals surface area contributed by atoms with Gasteiger partial charge in [-0.25, -0.2) is 0 Å². The molecule has 1 aliphatic carbocycles. The minimum Gasteiger partial charge on any atom is -0.316 e. The van der Waals surface area contributed by atoms with E-state index in [1.54, 1.807) is 0 Å². The van der Waals surface area contributed by atoms with Crippen molar-refractivity contribution in [3.05, 3.63) is 35.4 Å². The maximum Gasteiger partial charge on any atom is 0.0230 e. The highest BCUT2D eigenvalue weighted by molar-refractivity contribution is 5.25. The van der Waals surface area contributed by atoms with Gasteiger partial charge >= 0.3 is 0 Å². The van der Waals surface area contributed by atoms with Crippen molar-refractivity contribution >= 4 is 0 Å². The Morgan fingerprint density at radius 2 is 1.95 bits per heavy atom. The molecule has 2 rings (SSSR count). The highest BCUT2D eigenvalue weighted by Gasteiger charge is 2.22. The van der Waals surface area contributed by atoms with Crippen LogP contribution >= 0.6 is 0 Å². The Bertz CT molecular complexity index is 381. The first kappa shape index (κ1) is 15.5. The number of nitrogens with one attached hydrogen (secondary N) is 1. The lowest BCUT2D eigenvalue weighted by Gasteiger charge is -2.17. The van der Waals surface area contributed by atoms with E-state index < -0.39 is 0 Å². The standard InChI is InChI=1S/C18H30N2/c1-4-11-19-12-15(2)18-9-7-17(8-10-18)14-20(3)13-16-5-6-16/h7-10,15-16,19H,4-6,11-14H2,1-3H3. The molecule has 0 heterocycles. The van der Waals surface area contributed by atoms with E-state index in [1.165, 1.54) is 36.9 Å². The Balaban J connectivity index is 1.78. The van der Waals surface area contributed by atoms with Gasteiger partial charge in [0.15, 0.2) is 0 Å². The van der Waals surface area contributed by atoms with E-state index >= 15 is 0 Å². The molecule has 1 aromatic carbocycles. The van der Waals surface area contributed by atoms with Crippen LogP contribution in [0, 0.1) is 5.92 Å². The van der Waals surface area contributed by atoms with E-state index in [2.05, 4.69) is 55.4 Å². The predicted molar refractivity (Wildman–Crippen MR) is 87.1 cm³/mol. The monoisotopic (exact) mass is 274 g/mol. The summed E-state index contributed by atoms with van der Waals surface area (Å²) in [5.74, 6) is 1.57. The molecule has 1 unspecified atom stereocenters. The normalized spacial score (nSPS) is 16.6. The number of hydrogen-bond donors (Lipinski definition) is 1. The minimum absolute atomic E-state index is 0.597. The van der Waals surface area contributed by atoms with Crippen LogP contribution in [0.4, 0.5) is 0 Å². The second kappa shape index (κ2) is 7.80. The SMILES string of the molecule is CCCNCC(C)c1ccc(CN(C)CC2CC2)cc1. The highest BCUT2D eigenvalue weighted by Crippen LogP contribution is 2.29. The van der Waals surface area contributed by atoms with Crippen molar-refractivity contribution in [2.24, 2.45) is 5.92 Å². The van der Waals surface area contributed by atoms with Gasteiger partial charge in [-0.1, -0.05) is 38.1 Å². The molecule has 0 spiro atoms. The Hall–Kier alpha value is -0.860. The Morgan fingerprint density at radius 3 is 2.55 bits per heavy atom. The van der Waals surface area contributed by atoms with Gasteiger partial charge in [0, 0.05) is 19.6 Å². The zero-order valence-corrected chi connectivity index (χ0v) is 13.4. The largest absolute Gasteiger partial charge is 0.316 e. The molecular weight excluding hydrogens is 244 g/mol. The number of rotatable bonds is 9. The van der Waals surface area contributed by atoms with Crippen LogP contribution in [0.15, 0.2) is 24.3 Å². The molecule has 0 bridgehead atoms. The van der Waals surface area contributed by atoms with E-state index in [0.29, 0.717) is 5.92 Å². The average molecular weight is 274 g/mol. The van der Waals surface area contributed by atoms with Crippen molar-refractivity contribution in [2.75, 3.05) is 26.7 Å². The molecule has 0 amide bonds. The topological polar surface area (TPSA) is 15.3 Å². The fourth-order valence-corrected chi connectivity index (χ4v) is 2.68. The third-order valence-corrected chi connectivity index (χ3v) is 4.15. The van der Waals surface area contributed by atoms with Crippen molar-refractivity contribution in [1.29, 1.82) is 0 Å². The summed E-state index contributed by atoms with van der Waals surface area (Å²) in [6, 6.07) is 9.21. The molecular formula is C18H30N2. The fourth-order valence-electron chi connectivity index (χ4n) is 2.68. The fraction of sp³-hybridized carbons (Fsp3) is 0.667. The average Bonchev–Trinajstić information content (AvgIpc) is 3.23. The summed E-state index contributed by atoms with van der Waals surface area (Å²) in [5.41, 5.74) is 2.88. The van der Waals surface area contributed by atoms with Crippen molar-refractivity contribution in [1.82, 2.24) is 10.2 Å². The summed E-state index contributed by atoms with van der Waals surface area (Å²) in [6.07, 6.45) is 4.08. The summed E-state index contributed by atoms with van der Waals surface area (Å²) in [7, 11) is 2.24. The molecule has 2 nitrogen and oxygen atoms in total. The van der Waals surface area contributed by atoms with Crippen LogP contribution in [-0.2, 0) is 6.54 Å². The Morgan fingerprint density at radius 1 is 1.25 bits per heavy atom. The molecule has 1 N–H and O–H groups in total. The van der Waals surface area contributed by atoms with Gasteiger partial charge in [-0.15, -0.1) is 0 Å². The molecule has 0 aromatic heterocycles. The summed E-state index contributed by atoms with van der Waals surface area (Å²) in [4.78, 5) is 2.46. The smallest absolute Gasteiger partial charge is 0.0230 e. The molecule has 20 heavy (non-hydrogen) atoms. The third-order valence-electron chi connectivity index (χ3n) is 4.15. The molecule has 0 radical (unpaired) electrons. The second-order valence-corrected chi connectivity index (χ2v) is 6.49. The minimum atomic E-state index is 0.597. The number of hydrogen-bond acceptors (Lipinski definition) is 2. The van der Waals surface area contributed by atoms with Gasteiger partial charge < -0.3 is 10.2 Å². The van der Waals surface area contributed by atoms with Gasteiger partial charge in [-0.2, -0.15) is 0 Å². The van der Waals surface area contributed by atoms with Gasteiger partial charge in [0.25, 0.3) is 0 Å². The quantitative estimate of drug-likeness (QED) is 0.692. The molecule has 2 heteroatoms. The highest BCUT2D eigenvalue weighted by atomic mass is 15.1. The molecule has 1 aromatic rings. The van der Waals surface area contributed by atoms with Gasteiger partial charge in [-0.3, -0.25) is 0 Å². The molecule has 112 valence electrons. The lowest BCUT2D eigenvalue weighted by molar-refractivity contribution is 0.313. The van der Waals surface area contributed by atoms with Crippen LogP contribution in [0.2, 0.25) is 0 Å². The Kier molecular flexibility index (Phi) is 6.06. The molecule has 0 aliphatic heterocycles. The molecule has 1 aliphatic rings. The van der Waals surface area contributed by atoms with E-state index in [9.17, 15) is 0 Å². The van der Waals surface area contributed by atoms with Crippen LogP contribution in [0.25, 0.3) is 0 Å². The van der Waals surface area contributed by atoms with Gasteiger partial charge in [0.05, 0.1) is 0 Å². The first-order chi connectivity index (χ1) is 9.69. The van der Waals surface area contributed by atoms with E-state index in [-0.39, 0.29) is 0 Å². The van der Waals surface area contributed by atoms with Crippen LogP contribution in [0.5, 0.6) is 0 Å². The van der Waals surface area contributed by atoms with Crippen LogP contribution in [0.3, 0.4) is 0 Å². The van der Waals surface area contributed by atoms with Crippen LogP contribution < -0.4 is 5.32 Å². The zero-order valence-electron chi connectivity index (χ0n) is 13.4. The van der Waals surface area contributed by atoms with E-state index in [1.807, 2.05) is 0 Å². The number of nitrogens with zero attached hydrogens (tertiary/aromatic N) is 1. The maximum absolute atomic E-state index is 3.50. The first-order valence-corrected chi connectivity index (χ1v) is 8.17. The lowest BCUT2D eigenvalue weighted by atomic mass is 9.99. The summed E-state index contributed by atoms with van der Waals surface area (Å²) < 4.78 is 0. The van der Waals surface area contributed by atoms with Crippen molar-refractivity contribution in [2.45, 2.75) is 45.6 Å². The van der Waals surface area contributed by atoms with E-state index in [0.717, 1.165) is 25.6 Å². The first-order valence-electron chi connectivity index (χ1n) is 8.17. The molecule has 0 saturated heterocycles. The predicted octanol–water partition coefficient (Wildman–Crippen LogP) is 3.63. The van der Waals surface area contributed by atoms with Crippen molar-refractivity contribution in [3.8, 4) is 0 Å². The second-order valence-electron chi connectivity index (χ2n) is 6.49. The van der Waals surface area contributed by atoms with E-state index in [4.69, 9.17) is 0 Å². The van der Waals surface area contributed by atoms with Crippen LogP contribution in [-0.4, -0.2) is 31.6 Å². The maximum atomic E-state index is 3.50. The summed E-state index contributed by atoms with van der Waals surface area (Å²) >= 11 is 0. The summed E-state index contributed by atoms with van der Waals surface area (Å²) in [6.45, 7) is 9.06. The van der Waals surface area contributed by atoms with Gasteiger partial charge in [-0.05, 0) is 55.8 Å². The van der Waals surface area contributed by atoms with Gasteiger partial charge in [0.2, 0.25) is 0 Å². The van der Waals surface area contributed by atoms with Crippen LogP contribution in [0.1, 0.15) is 50.2 Å². The molecule has 1 saturated carbocycles. The Labute approximate surface area is 124 Å². The number of benzene rings is 1. The molecule has 1 fully saturated rings. The lowest BCUT2D eigenvalue weighted by Crippen LogP contribution is -2.21. The third kappa shape index (κ3) is 5.26. The zero-order chi connectivity index (χ0) is 14.4. The van der Waals surface area contributed by atoms with Gasteiger partial charge in [0.1, 0.15) is 0 Å². The van der Waals surface area contributed by atoms with Crippen molar-refractivity contribution in [3.63, 3.8) is 0 Å².